The van der Waals surface area contributed by atoms with E-state index in [9.17, 15) is 8.42 Å². The molecule has 0 amide bonds. The molecule has 0 aliphatic heterocycles. The summed E-state index contributed by atoms with van der Waals surface area (Å²) in [6.07, 6.45) is 3.34. The second-order valence-electron chi connectivity index (χ2n) is 6.35. The second kappa shape index (κ2) is 8.64. The average molecular weight is 378 g/mol. The average Bonchev–Trinajstić information content (AvgIpc) is 2.68. The number of hydrogen-bond acceptors (Lipinski definition) is 3. The summed E-state index contributed by atoms with van der Waals surface area (Å²) in [5.41, 5.74) is 4.30. The Labute approximate surface area is 160 Å². The lowest BCUT2D eigenvalue weighted by Gasteiger charge is -2.07. The highest BCUT2D eigenvalue weighted by Gasteiger charge is 2.11. The lowest BCUT2D eigenvalue weighted by Crippen LogP contribution is -2.18. The van der Waals surface area contributed by atoms with Crippen LogP contribution in [0.25, 0.3) is 0 Å². The molecule has 0 aliphatic rings. The first-order chi connectivity index (χ1) is 13.0. The summed E-state index contributed by atoms with van der Waals surface area (Å²) < 4.78 is 24.6. The Bertz CT molecular complexity index is 1010. The molecule has 0 saturated heterocycles. The van der Waals surface area contributed by atoms with E-state index < -0.39 is 10.0 Å². The minimum Gasteiger partial charge on any atom is -0.200 e. The summed E-state index contributed by atoms with van der Waals surface area (Å²) in [5, 5.41) is 3.96. The van der Waals surface area contributed by atoms with Gasteiger partial charge >= 0.3 is 0 Å². The van der Waals surface area contributed by atoms with Crippen LogP contribution in [0, 0.1) is 6.92 Å². The molecule has 3 aromatic carbocycles. The maximum Gasteiger partial charge on any atom is 0.276 e. The van der Waals surface area contributed by atoms with Crippen molar-refractivity contribution in [3.63, 3.8) is 0 Å². The summed E-state index contributed by atoms with van der Waals surface area (Å²) in [6.45, 7) is 1.91. The van der Waals surface area contributed by atoms with Gasteiger partial charge in [-0.2, -0.15) is 13.5 Å². The number of nitrogens with one attached hydrogen (secondary N) is 1. The van der Waals surface area contributed by atoms with Gasteiger partial charge < -0.3 is 0 Å². The SMILES string of the molecule is Cc1ccc(S(=O)(=O)N/N=C/c2ccccc2CCc2ccccc2)cc1. The summed E-state index contributed by atoms with van der Waals surface area (Å²) >= 11 is 0. The molecule has 4 nitrogen and oxygen atoms in total. The van der Waals surface area contributed by atoms with E-state index in [2.05, 4.69) is 22.1 Å². The van der Waals surface area contributed by atoms with Crippen LogP contribution >= 0.6 is 0 Å². The molecule has 0 aromatic heterocycles. The molecular weight excluding hydrogens is 356 g/mol. The number of benzene rings is 3. The molecular formula is C22H22N2O2S. The van der Waals surface area contributed by atoms with Gasteiger partial charge in [-0.3, -0.25) is 0 Å². The van der Waals surface area contributed by atoms with Gasteiger partial charge in [0, 0.05) is 0 Å². The summed E-state index contributed by atoms with van der Waals surface area (Å²) in [4.78, 5) is 2.48. The van der Waals surface area contributed by atoms with Crippen LogP contribution in [-0.2, 0) is 22.9 Å². The molecule has 3 rings (SSSR count). The van der Waals surface area contributed by atoms with Crippen molar-refractivity contribution >= 4 is 16.2 Å². The molecule has 0 heterocycles. The quantitative estimate of drug-likeness (QED) is 0.497. The van der Waals surface area contributed by atoms with E-state index in [0.29, 0.717) is 0 Å². The van der Waals surface area contributed by atoms with Crippen LogP contribution in [0.2, 0.25) is 0 Å². The Balaban J connectivity index is 1.69. The summed E-state index contributed by atoms with van der Waals surface area (Å²) in [5.74, 6) is 0. The van der Waals surface area contributed by atoms with Crippen LogP contribution < -0.4 is 4.83 Å². The van der Waals surface area contributed by atoms with Crippen molar-refractivity contribution < 1.29 is 8.42 Å². The predicted octanol–water partition coefficient (Wildman–Crippen LogP) is 4.09. The van der Waals surface area contributed by atoms with E-state index in [1.807, 2.05) is 49.4 Å². The molecule has 27 heavy (non-hydrogen) atoms. The Morgan fingerprint density at radius 2 is 1.52 bits per heavy atom. The number of hydrazone groups is 1. The van der Waals surface area contributed by atoms with Crippen LogP contribution in [0.3, 0.4) is 0 Å². The van der Waals surface area contributed by atoms with E-state index in [0.717, 1.165) is 29.5 Å². The predicted molar refractivity (Wildman–Crippen MR) is 109 cm³/mol. The monoisotopic (exact) mass is 378 g/mol. The Hall–Kier alpha value is -2.92. The smallest absolute Gasteiger partial charge is 0.200 e. The maximum absolute atomic E-state index is 12.3. The number of nitrogens with zero attached hydrogens (tertiary/aromatic N) is 1. The number of aryl methyl sites for hydroxylation is 3. The molecule has 0 unspecified atom stereocenters. The highest BCUT2D eigenvalue weighted by Crippen LogP contribution is 2.12. The highest BCUT2D eigenvalue weighted by atomic mass is 32.2. The highest BCUT2D eigenvalue weighted by molar-refractivity contribution is 7.89. The number of rotatable bonds is 7. The van der Waals surface area contributed by atoms with Crippen molar-refractivity contribution in [2.75, 3.05) is 0 Å². The van der Waals surface area contributed by atoms with E-state index in [4.69, 9.17) is 0 Å². The van der Waals surface area contributed by atoms with Gasteiger partial charge in [-0.25, -0.2) is 4.83 Å². The molecule has 0 radical (unpaired) electrons. The topological polar surface area (TPSA) is 58.5 Å². The molecule has 0 fully saturated rings. The molecule has 0 aliphatic carbocycles. The van der Waals surface area contributed by atoms with Crippen molar-refractivity contribution in [1.29, 1.82) is 0 Å². The fourth-order valence-electron chi connectivity index (χ4n) is 2.75. The molecule has 1 N–H and O–H groups in total. The minimum atomic E-state index is -3.66. The van der Waals surface area contributed by atoms with Gasteiger partial charge in [-0.15, -0.1) is 0 Å². The van der Waals surface area contributed by atoms with Gasteiger partial charge in [0.25, 0.3) is 10.0 Å². The van der Waals surface area contributed by atoms with E-state index in [1.54, 1.807) is 30.5 Å². The van der Waals surface area contributed by atoms with Gasteiger partial charge in [-0.05, 0) is 48.6 Å². The lowest BCUT2D eigenvalue weighted by atomic mass is 10.0. The van der Waals surface area contributed by atoms with Gasteiger partial charge in [0.1, 0.15) is 0 Å². The zero-order valence-corrected chi connectivity index (χ0v) is 16.0. The zero-order chi connectivity index (χ0) is 19.1. The zero-order valence-electron chi connectivity index (χ0n) is 15.2. The van der Waals surface area contributed by atoms with Crippen molar-refractivity contribution in [2.24, 2.45) is 5.10 Å². The van der Waals surface area contributed by atoms with Crippen LogP contribution in [0.5, 0.6) is 0 Å². The molecule has 0 bridgehead atoms. The fourth-order valence-corrected chi connectivity index (χ4v) is 3.54. The minimum absolute atomic E-state index is 0.197. The molecule has 0 spiro atoms. The molecule has 138 valence electrons. The van der Waals surface area contributed by atoms with Crippen LogP contribution in [0.4, 0.5) is 0 Å². The van der Waals surface area contributed by atoms with Gasteiger partial charge in [0.15, 0.2) is 0 Å². The number of hydrogen-bond donors (Lipinski definition) is 1. The third-order valence-electron chi connectivity index (χ3n) is 4.29. The number of sulfonamides is 1. The van der Waals surface area contributed by atoms with E-state index >= 15 is 0 Å². The molecule has 5 heteroatoms. The molecule has 3 aromatic rings. The Kier molecular flexibility index (Phi) is 6.04. The van der Waals surface area contributed by atoms with Crippen molar-refractivity contribution in [3.8, 4) is 0 Å². The van der Waals surface area contributed by atoms with Crippen LogP contribution in [-0.4, -0.2) is 14.6 Å². The maximum atomic E-state index is 12.3. The van der Waals surface area contributed by atoms with Crippen molar-refractivity contribution in [3.05, 3.63) is 101 Å². The van der Waals surface area contributed by atoms with Crippen molar-refractivity contribution in [1.82, 2.24) is 4.83 Å². The van der Waals surface area contributed by atoms with Gasteiger partial charge in [0.2, 0.25) is 0 Å². The molecule has 0 saturated carbocycles. The van der Waals surface area contributed by atoms with E-state index in [-0.39, 0.29) is 4.90 Å². The first kappa shape index (κ1) is 18.9. The first-order valence-corrected chi connectivity index (χ1v) is 10.3. The van der Waals surface area contributed by atoms with Gasteiger partial charge in [-0.1, -0.05) is 72.3 Å². The molecule has 0 atom stereocenters. The lowest BCUT2D eigenvalue weighted by molar-refractivity contribution is 0.584. The Morgan fingerprint density at radius 3 is 2.26 bits per heavy atom. The van der Waals surface area contributed by atoms with Crippen LogP contribution in [0.1, 0.15) is 22.3 Å². The third-order valence-corrected chi connectivity index (χ3v) is 5.53. The normalized spacial score (nSPS) is 11.6. The largest absolute Gasteiger partial charge is 0.276 e. The van der Waals surface area contributed by atoms with E-state index in [1.165, 1.54) is 5.56 Å². The third kappa shape index (κ3) is 5.28. The van der Waals surface area contributed by atoms with Gasteiger partial charge in [0.05, 0.1) is 11.1 Å². The standard InChI is InChI=1S/C22H22N2O2S/c1-18-11-15-22(16-12-18)27(25,26)24-23-17-21-10-6-5-9-20(21)14-13-19-7-3-2-4-8-19/h2-12,15-17,24H,13-14H2,1H3/b23-17+. The summed E-state index contributed by atoms with van der Waals surface area (Å²) in [6, 6.07) is 24.8. The summed E-state index contributed by atoms with van der Waals surface area (Å²) in [7, 11) is -3.66. The fraction of sp³-hybridized carbons (Fsp3) is 0.136. The van der Waals surface area contributed by atoms with Crippen molar-refractivity contribution in [2.45, 2.75) is 24.7 Å². The van der Waals surface area contributed by atoms with Crippen LogP contribution in [0.15, 0.2) is 88.9 Å². The first-order valence-electron chi connectivity index (χ1n) is 8.78. The second-order valence-corrected chi connectivity index (χ2v) is 8.01. The Morgan fingerprint density at radius 1 is 0.852 bits per heavy atom.